The van der Waals surface area contributed by atoms with Crippen molar-refractivity contribution in [2.45, 2.75) is 109 Å². The predicted molar refractivity (Wildman–Crippen MR) is 103 cm³/mol. The van der Waals surface area contributed by atoms with Gasteiger partial charge in [-0.1, -0.05) is 59.3 Å². The highest BCUT2D eigenvalue weighted by Gasteiger charge is 2.35. The quantitative estimate of drug-likeness (QED) is 0.417. The molecule has 0 unspecified atom stereocenters. The second-order valence-corrected chi connectivity index (χ2v) is 10.1. The Balaban J connectivity index is 1.66. The lowest BCUT2D eigenvalue weighted by molar-refractivity contribution is 0.154. The highest BCUT2D eigenvalue weighted by atomic mass is 32.2. The molecule has 1 heteroatoms. The van der Waals surface area contributed by atoms with Crippen LogP contribution in [0.2, 0.25) is 0 Å². The van der Waals surface area contributed by atoms with Crippen LogP contribution in [0.25, 0.3) is 0 Å². The topological polar surface area (TPSA) is 0 Å². The molecule has 2 aliphatic rings. The Kier molecular flexibility index (Phi) is 8.15. The molecule has 2 aliphatic carbocycles. The second-order valence-electron chi connectivity index (χ2n) is 8.41. The standard InChI is InChI=1S/C21H40S/c1-4-6-7-17-22-21(3)15-13-20(14-16-21)19-11-9-18(8-5-2)10-12-19/h18-20H,4-17H2,1-3H3. The number of thioether (sulfide) groups is 1. The summed E-state index contributed by atoms with van der Waals surface area (Å²) in [6, 6.07) is 0. The molecule has 0 nitrogen and oxygen atoms in total. The molecular formula is C21H40S. The summed E-state index contributed by atoms with van der Waals surface area (Å²) < 4.78 is 0.615. The molecule has 0 spiro atoms. The van der Waals surface area contributed by atoms with Gasteiger partial charge in [-0.15, -0.1) is 0 Å². The zero-order valence-corrected chi connectivity index (χ0v) is 16.4. The average molecular weight is 325 g/mol. The van der Waals surface area contributed by atoms with E-state index >= 15 is 0 Å². The molecule has 0 bridgehead atoms. The van der Waals surface area contributed by atoms with E-state index < -0.39 is 0 Å². The second kappa shape index (κ2) is 9.60. The van der Waals surface area contributed by atoms with E-state index in [1.165, 1.54) is 76.4 Å². The van der Waals surface area contributed by atoms with E-state index in [9.17, 15) is 0 Å². The van der Waals surface area contributed by atoms with Crippen molar-refractivity contribution in [1.82, 2.24) is 0 Å². The van der Waals surface area contributed by atoms with Crippen LogP contribution in [0.5, 0.6) is 0 Å². The Labute approximate surface area is 144 Å². The van der Waals surface area contributed by atoms with Gasteiger partial charge in [0.15, 0.2) is 0 Å². The zero-order chi connectivity index (χ0) is 15.8. The zero-order valence-electron chi connectivity index (χ0n) is 15.5. The molecule has 0 saturated heterocycles. The number of hydrogen-bond acceptors (Lipinski definition) is 1. The molecule has 0 atom stereocenters. The highest BCUT2D eigenvalue weighted by Crippen LogP contribution is 2.47. The van der Waals surface area contributed by atoms with E-state index in [0.717, 1.165) is 17.8 Å². The van der Waals surface area contributed by atoms with Crippen molar-refractivity contribution in [1.29, 1.82) is 0 Å². The van der Waals surface area contributed by atoms with Crippen LogP contribution in [0.15, 0.2) is 0 Å². The lowest BCUT2D eigenvalue weighted by Crippen LogP contribution is -2.32. The van der Waals surface area contributed by atoms with Crippen molar-refractivity contribution in [2.75, 3.05) is 5.75 Å². The van der Waals surface area contributed by atoms with Crippen LogP contribution in [-0.2, 0) is 0 Å². The summed E-state index contributed by atoms with van der Waals surface area (Å²) in [5.41, 5.74) is 0. The van der Waals surface area contributed by atoms with E-state index in [1.807, 2.05) is 0 Å². The molecule has 0 aromatic rings. The van der Waals surface area contributed by atoms with Crippen LogP contribution in [0.1, 0.15) is 104 Å². The smallest absolute Gasteiger partial charge is 0.0132 e. The summed E-state index contributed by atoms with van der Waals surface area (Å²) in [5.74, 6) is 4.63. The van der Waals surface area contributed by atoms with Crippen LogP contribution < -0.4 is 0 Å². The van der Waals surface area contributed by atoms with E-state index in [-0.39, 0.29) is 0 Å². The van der Waals surface area contributed by atoms with E-state index in [0.29, 0.717) is 4.75 Å². The van der Waals surface area contributed by atoms with Gasteiger partial charge in [-0.25, -0.2) is 0 Å². The van der Waals surface area contributed by atoms with Crippen molar-refractivity contribution >= 4 is 11.8 Å². The van der Waals surface area contributed by atoms with E-state index in [1.54, 1.807) is 12.8 Å². The first kappa shape index (κ1) is 18.7. The lowest BCUT2D eigenvalue weighted by Gasteiger charge is -2.42. The van der Waals surface area contributed by atoms with Crippen molar-refractivity contribution in [3.63, 3.8) is 0 Å². The van der Waals surface area contributed by atoms with Gasteiger partial charge in [-0.2, -0.15) is 11.8 Å². The summed E-state index contributed by atoms with van der Waals surface area (Å²) in [4.78, 5) is 0. The third kappa shape index (κ3) is 5.77. The minimum Gasteiger partial charge on any atom is -0.155 e. The first-order chi connectivity index (χ1) is 10.7. The molecule has 0 amide bonds. The van der Waals surface area contributed by atoms with Gasteiger partial charge in [0.2, 0.25) is 0 Å². The summed E-state index contributed by atoms with van der Waals surface area (Å²) in [6.07, 6.45) is 19.3. The third-order valence-corrected chi connectivity index (χ3v) is 8.14. The fraction of sp³-hybridized carbons (Fsp3) is 1.00. The fourth-order valence-corrected chi connectivity index (χ4v) is 6.26. The Morgan fingerprint density at radius 1 is 0.818 bits per heavy atom. The number of hydrogen-bond donors (Lipinski definition) is 0. The highest BCUT2D eigenvalue weighted by molar-refractivity contribution is 8.00. The molecule has 130 valence electrons. The molecule has 0 radical (unpaired) electrons. The van der Waals surface area contributed by atoms with Gasteiger partial charge in [-0.3, -0.25) is 0 Å². The van der Waals surface area contributed by atoms with Gasteiger partial charge < -0.3 is 0 Å². The molecule has 0 N–H and O–H groups in total. The van der Waals surface area contributed by atoms with Crippen LogP contribution in [0, 0.1) is 17.8 Å². The molecule has 0 aliphatic heterocycles. The Morgan fingerprint density at radius 2 is 1.45 bits per heavy atom. The minimum absolute atomic E-state index is 0.615. The normalized spacial score (nSPS) is 36.4. The maximum Gasteiger partial charge on any atom is 0.0132 e. The van der Waals surface area contributed by atoms with Crippen LogP contribution in [0.4, 0.5) is 0 Å². The van der Waals surface area contributed by atoms with Crippen molar-refractivity contribution in [3.8, 4) is 0 Å². The molecule has 2 fully saturated rings. The largest absolute Gasteiger partial charge is 0.155 e. The molecule has 0 aromatic carbocycles. The Morgan fingerprint density at radius 3 is 2.05 bits per heavy atom. The summed E-state index contributed by atoms with van der Waals surface area (Å²) in [7, 11) is 0. The first-order valence-corrected chi connectivity index (χ1v) is 11.3. The monoisotopic (exact) mass is 324 g/mol. The summed E-state index contributed by atoms with van der Waals surface area (Å²) in [5, 5.41) is 0. The van der Waals surface area contributed by atoms with Gasteiger partial charge in [0.1, 0.15) is 0 Å². The molecule has 2 saturated carbocycles. The Hall–Kier alpha value is 0.350. The maximum atomic E-state index is 2.55. The molecular weight excluding hydrogens is 284 g/mol. The minimum atomic E-state index is 0.615. The number of unbranched alkanes of at least 4 members (excludes halogenated alkanes) is 2. The Bertz CT molecular complexity index is 282. The maximum absolute atomic E-state index is 2.55. The molecule has 22 heavy (non-hydrogen) atoms. The molecule has 2 rings (SSSR count). The van der Waals surface area contributed by atoms with Crippen molar-refractivity contribution in [3.05, 3.63) is 0 Å². The van der Waals surface area contributed by atoms with E-state index in [2.05, 4.69) is 32.5 Å². The SMILES string of the molecule is CCCCCSC1(C)CCC(C2CCC(CCC)CC2)CC1. The van der Waals surface area contributed by atoms with Crippen LogP contribution in [0.3, 0.4) is 0 Å². The van der Waals surface area contributed by atoms with Gasteiger partial charge in [0, 0.05) is 4.75 Å². The van der Waals surface area contributed by atoms with Crippen molar-refractivity contribution in [2.24, 2.45) is 17.8 Å². The van der Waals surface area contributed by atoms with Crippen LogP contribution in [-0.4, -0.2) is 10.5 Å². The lowest BCUT2D eigenvalue weighted by atomic mass is 9.69. The van der Waals surface area contributed by atoms with E-state index in [4.69, 9.17) is 0 Å². The molecule has 0 aromatic heterocycles. The van der Waals surface area contributed by atoms with Crippen molar-refractivity contribution < 1.29 is 0 Å². The van der Waals surface area contributed by atoms with Gasteiger partial charge in [-0.05, 0) is 68.5 Å². The first-order valence-electron chi connectivity index (χ1n) is 10.3. The number of rotatable bonds is 8. The average Bonchev–Trinajstić information content (AvgIpc) is 2.54. The van der Waals surface area contributed by atoms with Gasteiger partial charge >= 0.3 is 0 Å². The van der Waals surface area contributed by atoms with Gasteiger partial charge in [0.25, 0.3) is 0 Å². The predicted octanol–water partition coefficient (Wildman–Crippen LogP) is 7.47. The van der Waals surface area contributed by atoms with Crippen LogP contribution >= 0.6 is 11.8 Å². The fourth-order valence-electron chi connectivity index (χ4n) is 4.89. The molecule has 0 heterocycles. The summed E-state index contributed by atoms with van der Waals surface area (Å²) >= 11 is 2.30. The van der Waals surface area contributed by atoms with Gasteiger partial charge in [0.05, 0.1) is 0 Å². The summed E-state index contributed by atoms with van der Waals surface area (Å²) in [6.45, 7) is 7.22. The third-order valence-electron chi connectivity index (χ3n) is 6.54.